The fourth-order valence-electron chi connectivity index (χ4n) is 1.35. The molecular weight excluding hydrogens is 294 g/mol. The van der Waals surface area contributed by atoms with Crippen molar-refractivity contribution in [1.29, 1.82) is 0 Å². The van der Waals surface area contributed by atoms with Crippen molar-refractivity contribution in [1.82, 2.24) is 9.97 Å². The molecule has 1 rings (SSSR count). The number of aryl methyl sites for hydroxylation is 1. The zero-order valence-electron chi connectivity index (χ0n) is 9.36. The van der Waals surface area contributed by atoms with Crippen LogP contribution in [0, 0.1) is 6.92 Å². The third-order valence-electron chi connectivity index (χ3n) is 1.75. The molecule has 1 heterocycles. The Kier molecular flexibility index (Phi) is 4.26. The summed E-state index contributed by atoms with van der Waals surface area (Å²) in [5.41, 5.74) is 0. The summed E-state index contributed by atoms with van der Waals surface area (Å²) in [5, 5.41) is 3.02. The van der Waals surface area contributed by atoms with Crippen molar-refractivity contribution in [3.63, 3.8) is 0 Å². The van der Waals surface area contributed by atoms with Crippen LogP contribution in [0.1, 0.15) is 12.7 Å². The zero-order valence-corrected chi connectivity index (χ0v) is 11.8. The van der Waals surface area contributed by atoms with Crippen LogP contribution in [0.15, 0.2) is 10.7 Å². The van der Waals surface area contributed by atoms with Gasteiger partial charge in [-0.3, -0.25) is 0 Å². The Morgan fingerprint density at radius 3 is 2.62 bits per heavy atom. The van der Waals surface area contributed by atoms with Crippen molar-refractivity contribution in [3.8, 4) is 0 Å². The van der Waals surface area contributed by atoms with E-state index < -0.39 is 9.84 Å². The van der Waals surface area contributed by atoms with Gasteiger partial charge in [-0.05, 0) is 29.8 Å². The summed E-state index contributed by atoms with van der Waals surface area (Å²) in [7, 11) is -2.98. The molecule has 0 bridgehead atoms. The van der Waals surface area contributed by atoms with E-state index in [9.17, 15) is 8.42 Å². The van der Waals surface area contributed by atoms with Crippen LogP contribution in [0.3, 0.4) is 0 Å². The first-order chi connectivity index (χ1) is 7.26. The van der Waals surface area contributed by atoms with E-state index in [1.165, 1.54) is 6.26 Å². The highest BCUT2D eigenvalue weighted by molar-refractivity contribution is 9.10. The number of anilines is 1. The fraction of sp³-hybridized carbons (Fsp3) is 0.556. The Labute approximate surface area is 104 Å². The van der Waals surface area contributed by atoms with E-state index in [2.05, 4.69) is 31.2 Å². The molecule has 1 aromatic heterocycles. The first-order valence-electron chi connectivity index (χ1n) is 4.72. The molecular formula is C9H14BrN3O2S. The van der Waals surface area contributed by atoms with Gasteiger partial charge in [-0.1, -0.05) is 0 Å². The number of nitrogens with zero attached hydrogens (tertiary/aromatic N) is 2. The average Bonchev–Trinajstić information content (AvgIpc) is 1.96. The second-order valence-electron chi connectivity index (χ2n) is 3.76. The minimum absolute atomic E-state index is 0.0771. The van der Waals surface area contributed by atoms with Crippen LogP contribution in [0.25, 0.3) is 0 Å². The first-order valence-corrected chi connectivity index (χ1v) is 7.57. The maximum absolute atomic E-state index is 11.1. The lowest BCUT2D eigenvalue weighted by atomic mass is 10.4. The molecule has 1 N–H and O–H groups in total. The van der Waals surface area contributed by atoms with Gasteiger partial charge in [0.25, 0.3) is 0 Å². The highest BCUT2D eigenvalue weighted by atomic mass is 79.9. The van der Waals surface area contributed by atoms with E-state index in [0.29, 0.717) is 16.2 Å². The lowest BCUT2D eigenvalue weighted by Gasteiger charge is -2.13. The molecule has 0 saturated heterocycles. The van der Waals surface area contributed by atoms with Crippen LogP contribution in [-0.4, -0.2) is 36.4 Å². The summed E-state index contributed by atoms with van der Waals surface area (Å²) in [6.07, 6.45) is 1.21. The predicted octanol–water partition coefficient (Wildman–Crippen LogP) is 1.39. The maximum atomic E-state index is 11.1. The van der Waals surface area contributed by atoms with Gasteiger partial charge < -0.3 is 5.32 Å². The lowest BCUT2D eigenvalue weighted by Crippen LogP contribution is -2.25. The van der Waals surface area contributed by atoms with Crippen LogP contribution in [0.5, 0.6) is 0 Å². The second-order valence-corrected chi connectivity index (χ2v) is 6.76. The summed E-state index contributed by atoms with van der Waals surface area (Å²) < 4.78 is 22.8. The molecule has 0 aliphatic rings. The number of hydrogen-bond acceptors (Lipinski definition) is 5. The lowest BCUT2D eigenvalue weighted by molar-refractivity contribution is 0.598. The number of sulfone groups is 1. The van der Waals surface area contributed by atoms with E-state index in [1.54, 1.807) is 19.9 Å². The Balaban J connectivity index is 2.73. The smallest absolute Gasteiger partial charge is 0.149 e. The molecule has 0 fully saturated rings. The molecule has 16 heavy (non-hydrogen) atoms. The standard InChI is InChI=1S/C9H14BrN3O2S/c1-6(5-16(3,14)15)11-9-4-8(10)12-7(2)13-9/h4,6H,5H2,1-3H3,(H,11,12,13). The SMILES string of the molecule is Cc1nc(Br)cc(NC(C)CS(C)(=O)=O)n1. The third-order valence-corrected chi connectivity index (χ3v) is 3.27. The molecule has 1 aromatic rings. The molecule has 1 atom stereocenters. The number of halogens is 1. The topological polar surface area (TPSA) is 72.0 Å². The van der Waals surface area contributed by atoms with Crippen molar-refractivity contribution in [2.75, 3.05) is 17.3 Å². The van der Waals surface area contributed by atoms with Crippen LogP contribution in [0.4, 0.5) is 5.82 Å². The highest BCUT2D eigenvalue weighted by Gasteiger charge is 2.11. The van der Waals surface area contributed by atoms with Gasteiger partial charge >= 0.3 is 0 Å². The van der Waals surface area contributed by atoms with Gasteiger partial charge in [0, 0.05) is 18.4 Å². The van der Waals surface area contributed by atoms with Crippen molar-refractivity contribution in [3.05, 3.63) is 16.5 Å². The van der Waals surface area contributed by atoms with E-state index in [0.717, 1.165) is 0 Å². The monoisotopic (exact) mass is 307 g/mol. The van der Waals surface area contributed by atoms with Gasteiger partial charge in [-0.25, -0.2) is 18.4 Å². The molecule has 0 aromatic carbocycles. The van der Waals surface area contributed by atoms with Gasteiger partial charge in [-0.15, -0.1) is 0 Å². The normalized spacial score (nSPS) is 13.5. The Bertz CT molecular complexity index is 455. The molecule has 1 unspecified atom stereocenters. The molecule has 0 aliphatic heterocycles. The van der Waals surface area contributed by atoms with Crippen molar-refractivity contribution in [2.24, 2.45) is 0 Å². The Morgan fingerprint density at radius 1 is 1.50 bits per heavy atom. The predicted molar refractivity (Wildman–Crippen MR) is 67.3 cm³/mol. The summed E-state index contributed by atoms with van der Waals surface area (Å²) in [4.78, 5) is 8.22. The maximum Gasteiger partial charge on any atom is 0.149 e. The van der Waals surface area contributed by atoms with Gasteiger partial charge in [0.15, 0.2) is 0 Å². The molecule has 90 valence electrons. The zero-order chi connectivity index (χ0) is 12.3. The minimum Gasteiger partial charge on any atom is -0.366 e. The summed E-state index contributed by atoms with van der Waals surface area (Å²) in [6, 6.07) is 1.53. The quantitative estimate of drug-likeness (QED) is 0.851. The first kappa shape index (κ1) is 13.4. The van der Waals surface area contributed by atoms with Gasteiger partial charge in [-0.2, -0.15) is 0 Å². The number of rotatable bonds is 4. The summed E-state index contributed by atoms with van der Waals surface area (Å²) in [5.74, 6) is 1.33. The van der Waals surface area contributed by atoms with E-state index in [-0.39, 0.29) is 11.8 Å². The number of aromatic nitrogens is 2. The van der Waals surface area contributed by atoms with Crippen molar-refractivity contribution < 1.29 is 8.42 Å². The number of nitrogens with one attached hydrogen (secondary N) is 1. The van der Waals surface area contributed by atoms with Crippen LogP contribution in [-0.2, 0) is 9.84 Å². The molecule has 0 amide bonds. The third kappa shape index (κ3) is 4.89. The largest absolute Gasteiger partial charge is 0.366 e. The van der Waals surface area contributed by atoms with Crippen LogP contribution >= 0.6 is 15.9 Å². The Morgan fingerprint density at radius 2 is 2.12 bits per heavy atom. The van der Waals surface area contributed by atoms with Crippen LogP contribution in [0.2, 0.25) is 0 Å². The molecule has 0 saturated carbocycles. The van der Waals surface area contributed by atoms with Gasteiger partial charge in [0.2, 0.25) is 0 Å². The molecule has 0 radical (unpaired) electrons. The Hall–Kier alpha value is -0.690. The van der Waals surface area contributed by atoms with Crippen molar-refractivity contribution >= 4 is 31.6 Å². The highest BCUT2D eigenvalue weighted by Crippen LogP contribution is 2.13. The molecule has 0 aliphatic carbocycles. The molecule has 0 spiro atoms. The average molecular weight is 308 g/mol. The molecule has 5 nitrogen and oxygen atoms in total. The minimum atomic E-state index is -2.98. The van der Waals surface area contributed by atoms with Crippen molar-refractivity contribution in [2.45, 2.75) is 19.9 Å². The van der Waals surface area contributed by atoms with Gasteiger partial charge in [0.1, 0.15) is 26.1 Å². The van der Waals surface area contributed by atoms with E-state index in [4.69, 9.17) is 0 Å². The fourth-order valence-corrected chi connectivity index (χ4v) is 2.82. The summed E-state index contributed by atoms with van der Waals surface area (Å²) in [6.45, 7) is 3.57. The van der Waals surface area contributed by atoms with Crippen LogP contribution < -0.4 is 5.32 Å². The van der Waals surface area contributed by atoms with Gasteiger partial charge in [0.05, 0.1) is 5.75 Å². The van der Waals surface area contributed by atoms with E-state index >= 15 is 0 Å². The second kappa shape index (κ2) is 5.09. The number of hydrogen-bond donors (Lipinski definition) is 1. The van der Waals surface area contributed by atoms with E-state index in [1.807, 2.05) is 0 Å². The summed E-state index contributed by atoms with van der Waals surface area (Å²) >= 11 is 3.25. The molecule has 7 heteroatoms.